The zero-order valence-electron chi connectivity index (χ0n) is 12.2. The molecule has 0 aliphatic rings. The van der Waals surface area contributed by atoms with E-state index in [1.807, 2.05) is 13.0 Å². The molecule has 0 fully saturated rings. The van der Waals surface area contributed by atoms with Crippen LogP contribution in [0.5, 0.6) is 0 Å². The zero-order chi connectivity index (χ0) is 15.5. The standard InChI is InChI=1S/C17H19NO3/c1-3-5-6-7-16(19)18-15-11-8-14(9-12-15)10-13-17(20)21-4-2/h3,5-13H,4H2,1-2H3,(H,18,19)/b5-3+,7-6+,13-10+. The second-order valence-corrected chi connectivity index (χ2v) is 4.08. The number of nitrogens with one attached hydrogen (secondary N) is 1. The molecule has 1 amide bonds. The Hall–Kier alpha value is -2.62. The largest absolute Gasteiger partial charge is 0.463 e. The molecule has 0 saturated heterocycles. The highest BCUT2D eigenvalue weighted by atomic mass is 16.5. The first-order valence-corrected chi connectivity index (χ1v) is 6.71. The number of hydrogen-bond donors (Lipinski definition) is 1. The third kappa shape index (κ3) is 6.92. The minimum atomic E-state index is -0.371. The molecule has 1 aromatic carbocycles. The van der Waals surface area contributed by atoms with Gasteiger partial charge in [-0.3, -0.25) is 4.79 Å². The number of benzene rings is 1. The van der Waals surface area contributed by atoms with Crippen LogP contribution in [0.2, 0.25) is 0 Å². The molecule has 0 spiro atoms. The third-order valence-electron chi connectivity index (χ3n) is 2.43. The summed E-state index contributed by atoms with van der Waals surface area (Å²) in [6, 6.07) is 7.15. The molecule has 0 aliphatic heterocycles. The van der Waals surface area contributed by atoms with E-state index in [0.29, 0.717) is 12.3 Å². The minimum Gasteiger partial charge on any atom is -0.463 e. The molecule has 1 aromatic rings. The van der Waals surface area contributed by atoms with Crippen molar-refractivity contribution in [2.45, 2.75) is 13.8 Å². The van der Waals surface area contributed by atoms with Crippen LogP contribution in [0, 0.1) is 0 Å². The van der Waals surface area contributed by atoms with Crippen molar-refractivity contribution in [2.75, 3.05) is 11.9 Å². The lowest BCUT2D eigenvalue weighted by Crippen LogP contribution is -2.07. The van der Waals surface area contributed by atoms with E-state index < -0.39 is 0 Å². The van der Waals surface area contributed by atoms with E-state index in [9.17, 15) is 9.59 Å². The topological polar surface area (TPSA) is 55.4 Å². The van der Waals surface area contributed by atoms with E-state index >= 15 is 0 Å². The number of carbonyl (C=O) groups excluding carboxylic acids is 2. The lowest BCUT2D eigenvalue weighted by molar-refractivity contribution is -0.137. The molecule has 0 radical (unpaired) electrons. The van der Waals surface area contributed by atoms with Crippen LogP contribution in [-0.4, -0.2) is 18.5 Å². The van der Waals surface area contributed by atoms with Crippen LogP contribution in [0.15, 0.2) is 54.6 Å². The molecule has 0 aromatic heterocycles. The Balaban J connectivity index is 2.58. The minimum absolute atomic E-state index is 0.192. The van der Waals surface area contributed by atoms with Crippen LogP contribution in [0.3, 0.4) is 0 Å². The van der Waals surface area contributed by atoms with Crippen LogP contribution in [0.1, 0.15) is 19.4 Å². The van der Waals surface area contributed by atoms with Gasteiger partial charge in [0.05, 0.1) is 6.61 Å². The molecule has 0 atom stereocenters. The van der Waals surface area contributed by atoms with Crippen molar-refractivity contribution < 1.29 is 14.3 Å². The summed E-state index contributed by atoms with van der Waals surface area (Å²) in [6.07, 6.45) is 9.78. The van der Waals surface area contributed by atoms with Crippen LogP contribution >= 0.6 is 0 Å². The Morgan fingerprint density at radius 1 is 1.14 bits per heavy atom. The van der Waals surface area contributed by atoms with E-state index in [1.165, 1.54) is 12.2 Å². The van der Waals surface area contributed by atoms with Gasteiger partial charge in [0.25, 0.3) is 0 Å². The molecule has 1 N–H and O–H groups in total. The number of hydrogen-bond acceptors (Lipinski definition) is 3. The van der Waals surface area contributed by atoms with Crippen LogP contribution in [0.4, 0.5) is 5.69 Å². The first-order valence-electron chi connectivity index (χ1n) is 6.71. The smallest absolute Gasteiger partial charge is 0.330 e. The summed E-state index contributed by atoms with van der Waals surface area (Å²) in [6.45, 7) is 3.99. The monoisotopic (exact) mass is 285 g/mol. The first kappa shape index (κ1) is 16.4. The maximum Gasteiger partial charge on any atom is 0.330 e. The SMILES string of the molecule is C/C=C/C=C/C(=O)Nc1ccc(/C=C/C(=O)OCC)cc1. The van der Waals surface area contributed by atoms with E-state index in [1.54, 1.807) is 49.4 Å². The lowest BCUT2D eigenvalue weighted by atomic mass is 10.2. The van der Waals surface area contributed by atoms with Crippen molar-refractivity contribution in [3.8, 4) is 0 Å². The Kier molecular flexibility index (Phi) is 7.29. The van der Waals surface area contributed by atoms with E-state index in [2.05, 4.69) is 5.32 Å². The van der Waals surface area contributed by atoms with Gasteiger partial charge in [-0.2, -0.15) is 0 Å². The summed E-state index contributed by atoms with van der Waals surface area (Å²) in [4.78, 5) is 22.7. The summed E-state index contributed by atoms with van der Waals surface area (Å²) in [5.41, 5.74) is 1.55. The van der Waals surface area contributed by atoms with Crippen molar-refractivity contribution in [3.05, 3.63) is 60.2 Å². The molecule has 4 nitrogen and oxygen atoms in total. The number of ether oxygens (including phenoxy) is 1. The van der Waals surface area contributed by atoms with Crippen LogP contribution < -0.4 is 5.32 Å². The fourth-order valence-electron chi connectivity index (χ4n) is 1.47. The molecule has 0 saturated carbocycles. The number of anilines is 1. The molecular formula is C17H19NO3. The number of esters is 1. The Bertz CT molecular complexity index is 554. The molecule has 0 unspecified atom stereocenters. The molecular weight excluding hydrogens is 266 g/mol. The molecule has 0 bridgehead atoms. The quantitative estimate of drug-likeness (QED) is 0.495. The molecule has 1 rings (SSSR count). The summed E-state index contributed by atoms with van der Waals surface area (Å²) in [5.74, 6) is -0.563. The summed E-state index contributed by atoms with van der Waals surface area (Å²) in [5, 5.41) is 2.74. The number of allylic oxidation sites excluding steroid dienone is 3. The Morgan fingerprint density at radius 3 is 2.48 bits per heavy atom. The molecule has 0 heterocycles. The van der Waals surface area contributed by atoms with Crippen LogP contribution in [-0.2, 0) is 14.3 Å². The van der Waals surface area contributed by atoms with Gasteiger partial charge in [-0.15, -0.1) is 0 Å². The van der Waals surface area contributed by atoms with Gasteiger partial charge in [0, 0.05) is 17.8 Å². The predicted molar refractivity (Wildman–Crippen MR) is 84.7 cm³/mol. The van der Waals surface area contributed by atoms with Crippen molar-refractivity contribution in [1.29, 1.82) is 0 Å². The van der Waals surface area contributed by atoms with E-state index in [0.717, 1.165) is 5.56 Å². The fourth-order valence-corrected chi connectivity index (χ4v) is 1.47. The van der Waals surface area contributed by atoms with Gasteiger partial charge in [0.15, 0.2) is 0 Å². The number of carbonyl (C=O) groups is 2. The lowest BCUT2D eigenvalue weighted by Gasteiger charge is -2.02. The Morgan fingerprint density at radius 2 is 1.86 bits per heavy atom. The second kappa shape index (κ2) is 9.31. The predicted octanol–water partition coefficient (Wildman–Crippen LogP) is 3.33. The average Bonchev–Trinajstić information content (AvgIpc) is 2.47. The Labute approximate surface area is 124 Å². The first-order chi connectivity index (χ1) is 10.2. The van der Waals surface area contributed by atoms with Gasteiger partial charge in [0.2, 0.25) is 5.91 Å². The summed E-state index contributed by atoms with van der Waals surface area (Å²) < 4.78 is 4.79. The maximum atomic E-state index is 11.6. The van der Waals surface area contributed by atoms with Crippen molar-refractivity contribution in [2.24, 2.45) is 0 Å². The maximum absolute atomic E-state index is 11.6. The van der Waals surface area contributed by atoms with Gasteiger partial charge >= 0.3 is 5.97 Å². The molecule has 21 heavy (non-hydrogen) atoms. The molecule has 110 valence electrons. The van der Waals surface area contributed by atoms with Gasteiger partial charge in [-0.25, -0.2) is 4.79 Å². The summed E-state index contributed by atoms with van der Waals surface area (Å²) >= 11 is 0. The highest BCUT2D eigenvalue weighted by molar-refractivity contribution is 5.99. The van der Waals surface area contributed by atoms with Gasteiger partial charge in [0.1, 0.15) is 0 Å². The number of amides is 1. The molecule has 4 heteroatoms. The normalized spacial score (nSPS) is 11.3. The average molecular weight is 285 g/mol. The molecule has 0 aliphatic carbocycles. The van der Waals surface area contributed by atoms with Crippen molar-refractivity contribution in [3.63, 3.8) is 0 Å². The highest BCUT2D eigenvalue weighted by Crippen LogP contribution is 2.11. The van der Waals surface area contributed by atoms with Gasteiger partial charge in [-0.1, -0.05) is 30.4 Å². The summed E-state index contributed by atoms with van der Waals surface area (Å²) in [7, 11) is 0. The van der Waals surface area contributed by atoms with E-state index in [-0.39, 0.29) is 11.9 Å². The van der Waals surface area contributed by atoms with Crippen molar-refractivity contribution in [1.82, 2.24) is 0 Å². The number of rotatable bonds is 6. The van der Waals surface area contributed by atoms with Crippen molar-refractivity contribution >= 4 is 23.6 Å². The van der Waals surface area contributed by atoms with E-state index in [4.69, 9.17) is 4.74 Å². The zero-order valence-corrected chi connectivity index (χ0v) is 12.2. The van der Waals surface area contributed by atoms with Crippen LogP contribution in [0.25, 0.3) is 6.08 Å². The fraction of sp³-hybridized carbons (Fsp3) is 0.176. The second-order valence-electron chi connectivity index (χ2n) is 4.08. The van der Waals surface area contributed by atoms with Gasteiger partial charge < -0.3 is 10.1 Å². The van der Waals surface area contributed by atoms with Gasteiger partial charge in [-0.05, 0) is 37.6 Å². The third-order valence-corrected chi connectivity index (χ3v) is 2.43. The highest BCUT2D eigenvalue weighted by Gasteiger charge is 1.98.